The fourth-order valence-corrected chi connectivity index (χ4v) is 1.90. The van der Waals surface area contributed by atoms with Crippen LogP contribution in [0.15, 0.2) is 54.6 Å². The van der Waals surface area contributed by atoms with Crippen LogP contribution in [0.5, 0.6) is 0 Å². The molecule has 14 heavy (non-hydrogen) atoms. The van der Waals surface area contributed by atoms with E-state index in [1.54, 1.807) is 0 Å². The van der Waals surface area contributed by atoms with Crippen LogP contribution in [0.3, 0.4) is 0 Å². The van der Waals surface area contributed by atoms with Crippen molar-refractivity contribution in [3.8, 4) is 0 Å². The van der Waals surface area contributed by atoms with Gasteiger partial charge in [0.05, 0.1) is 5.54 Å². The maximum absolute atomic E-state index is 3.40. The van der Waals surface area contributed by atoms with Gasteiger partial charge in [0.1, 0.15) is 0 Å². The van der Waals surface area contributed by atoms with Crippen molar-refractivity contribution >= 4 is 0 Å². The lowest BCUT2D eigenvalue weighted by molar-refractivity contribution is 0.458. The van der Waals surface area contributed by atoms with Gasteiger partial charge < -0.3 is 5.32 Å². The highest BCUT2D eigenvalue weighted by Crippen LogP contribution is 2.28. The third-order valence-electron chi connectivity index (χ3n) is 2.80. The molecule has 1 aromatic carbocycles. The van der Waals surface area contributed by atoms with E-state index in [0.717, 1.165) is 6.42 Å². The quantitative estimate of drug-likeness (QED) is 0.746. The van der Waals surface area contributed by atoms with Crippen LogP contribution in [0, 0.1) is 0 Å². The van der Waals surface area contributed by atoms with E-state index in [1.807, 2.05) is 7.05 Å². The average molecular weight is 185 g/mol. The summed E-state index contributed by atoms with van der Waals surface area (Å²) in [6, 6.07) is 10.6. The summed E-state index contributed by atoms with van der Waals surface area (Å²) >= 11 is 0. The number of rotatable bonds is 2. The first kappa shape index (κ1) is 9.22. The Morgan fingerprint density at radius 3 is 2.50 bits per heavy atom. The van der Waals surface area contributed by atoms with Crippen molar-refractivity contribution in [1.29, 1.82) is 0 Å². The van der Waals surface area contributed by atoms with E-state index in [2.05, 4.69) is 60.0 Å². The van der Waals surface area contributed by atoms with E-state index in [9.17, 15) is 0 Å². The predicted octanol–water partition coefficient (Wildman–Crippen LogP) is 2.62. The fraction of sp³-hybridized carbons (Fsp3) is 0.231. The summed E-state index contributed by atoms with van der Waals surface area (Å²) in [6.45, 7) is 0. The molecule has 0 spiro atoms. The zero-order chi connectivity index (χ0) is 9.86. The lowest BCUT2D eigenvalue weighted by Crippen LogP contribution is -2.38. The summed E-state index contributed by atoms with van der Waals surface area (Å²) in [7, 11) is 2.01. The van der Waals surface area contributed by atoms with Crippen molar-refractivity contribution in [2.45, 2.75) is 12.0 Å². The minimum absolute atomic E-state index is 0.00396. The molecule has 0 saturated heterocycles. The van der Waals surface area contributed by atoms with Crippen molar-refractivity contribution < 1.29 is 0 Å². The number of likely N-dealkylation sites (N-methyl/N-ethyl adjacent to an activating group) is 1. The fourth-order valence-electron chi connectivity index (χ4n) is 1.90. The molecule has 0 aliphatic heterocycles. The Morgan fingerprint density at radius 1 is 1.14 bits per heavy atom. The Kier molecular flexibility index (Phi) is 2.51. The number of hydrogen-bond donors (Lipinski definition) is 1. The van der Waals surface area contributed by atoms with Gasteiger partial charge in [-0.2, -0.15) is 0 Å². The number of hydrogen-bond acceptors (Lipinski definition) is 1. The van der Waals surface area contributed by atoms with Gasteiger partial charge in [-0.15, -0.1) is 0 Å². The summed E-state index contributed by atoms with van der Waals surface area (Å²) in [5.41, 5.74) is 1.32. The largest absolute Gasteiger partial charge is 0.307 e. The lowest BCUT2D eigenvalue weighted by atomic mass is 9.84. The summed E-state index contributed by atoms with van der Waals surface area (Å²) < 4.78 is 0. The van der Waals surface area contributed by atoms with E-state index in [0.29, 0.717) is 0 Å². The first-order valence-electron chi connectivity index (χ1n) is 4.96. The Balaban J connectivity index is 2.39. The Hall–Kier alpha value is -1.34. The zero-order valence-electron chi connectivity index (χ0n) is 8.40. The van der Waals surface area contributed by atoms with Crippen LogP contribution in [0.4, 0.5) is 0 Å². The molecule has 1 aliphatic rings. The van der Waals surface area contributed by atoms with Gasteiger partial charge in [-0.1, -0.05) is 54.6 Å². The van der Waals surface area contributed by atoms with E-state index in [4.69, 9.17) is 0 Å². The van der Waals surface area contributed by atoms with Gasteiger partial charge >= 0.3 is 0 Å². The minimum atomic E-state index is -0.00396. The second-order valence-corrected chi connectivity index (χ2v) is 3.58. The van der Waals surface area contributed by atoms with E-state index in [1.165, 1.54) is 5.56 Å². The molecule has 1 aromatic rings. The molecule has 1 aliphatic carbocycles. The predicted molar refractivity (Wildman–Crippen MR) is 60.1 cm³/mol. The van der Waals surface area contributed by atoms with Crippen molar-refractivity contribution in [3.63, 3.8) is 0 Å². The van der Waals surface area contributed by atoms with Gasteiger partial charge in [0, 0.05) is 0 Å². The molecule has 0 fully saturated rings. The molecular weight excluding hydrogens is 170 g/mol. The number of allylic oxidation sites excluding steroid dienone is 2. The molecule has 1 atom stereocenters. The van der Waals surface area contributed by atoms with Crippen LogP contribution < -0.4 is 5.32 Å². The van der Waals surface area contributed by atoms with E-state index >= 15 is 0 Å². The molecule has 2 rings (SSSR count). The zero-order valence-corrected chi connectivity index (χ0v) is 8.40. The van der Waals surface area contributed by atoms with Crippen LogP contribution in [0.1, 0.15) is 12.0 Å². The second-order valence-electron chi connectivity index (χ2n) is 3.58. The second kappa shape index (κ2) is 3.81. The molecule has 1 heteroatoms. The van der Waals surface area contributed by atoms with E-state index in [-0.39, 0.29) is 5.54 Å². The molecule has 1 N–H and O–H groups in total. The van der Waals surface area contributed by atoms with Crippen molar-refractivity contribution in [2.24, 2.45) is 0 Å². The molecule has 0 saturated carbocycles. The minimum Gasteiger partial charge on any atom is -0.307 e. The first-order valence-corrected chi connectivity index (χ1v) is 4.96. The van der Waals surface area contributed by atoms with Crippen LogP contribution in [-0.2, 0) is 5.54 Å². The highest BCUT2D eigenvalue weighted by molar-refractivity contribution is 5.34. The smallest absolute Gasteiger partial charge is 0.0656 e. The topological polar surface area (TPSA) is 12.0 Å². The van der Waals surface area contributed by atoms with Crippen molar-refractivity contribution in [1.82, 2.24) is 5.32 Å². The van der Waals surface area contributed by atoms with Gasteiger partial charge in [-0.05, 0) is 19.0 Å². The Bertz CT molecular complexity index is 351. The monoisotopic (exact) mass is 185 g/mol. The van der Waals surface area contributed by atoms with Crippen LogP contribution in [0.2, 0.25) is 0 Å². The third-order valence-corrected chi connectivity index (χ3v) is 2.80. The molecule has 1 nitrogen and oxygen atoms in total. The molecule has 72 valence electrons. The molecule has 0 radical (unpaired) electrons. The summed E-state index contributed by atoms with van der Waals surface area (Å²) in [4.78, 5) is 0. The Labute approximate surface area is 85.2 Å². The SMILES string of the molecule is CNC1(c2ccccc2)C=CC=CC1. The maximum Gasteiger partial charge on any atom is 0.0656 e. The highest BCUT2D eigenvalue weighted by Gasteiger charge is 2.26. The molecule has 0 aromatic heterocycles. The van der Waals surface area contributed by atoms with Gasteiger partial charge in [-0.3, -0.25) is 0 Å². The lowest BCUT2D eigenvalue weighted by Gasteiger charge is -2.31. The molecule has 0 bridgehead atoms. The number of nitrogens with one attached hydrogen (secondary N) is 1. The van der Waals surface area contributed by atoms with Crippen LogP contribution in [-0.4, -0.2) is 7.05 Å². The summed E-state index contributed by atoms with van der Waals surface area (Å²) in [5, 5.41) is 3.40. The summed E-state index contributed by atoms with van der Waals surface area (Å²) in [6.07, 6.45) is 9.64. The van der Waals surface area contributed by atoms with Gasteiger partial charge in [0.2, 0.25) is 0 Å². The molecule has 0 amide bonds. The Morgan fingerprint density at radius 2 is 1.93 bits per heavy atom. The van der Waals surface area contributed by atoms with Gasteiger partial charge in [-0.25, -0.2) is 0 Å². The van der Waals surface area contributed by atoms with Crippen molar-refractivity contribution in [3.05, 3.63) is 60.2 Å². The average Bonchev–Trinajstić information content (AvgIpc) is 2.31. The molecular formula is C13H15N. The standard InChI is InChI=1S/C13H15N/c1-14-13(10-6-3-7-11-13)12-8-4-2-5-9-12/h2-10,14H,11H2,1H3. The molecule has 1 unspecified atom stereocenters. The van der Waals surface area contributed by atoms with Crippen LogP contribution >= 0.6 is 0 Å². The van der Waals surface area contributed by atoms with Crippen LogP contribution in [0.25, 0.3) is 0 Å². The maximum atomic E-state index is 3.40. The van der Waals surface area contributed by atoms with E-state index < -0.39 is 0 Å². The third kappa shape index (κ3) is 1.51. The summed E-state index contributed by atoms with van der Waals surface area (Å²) in [5.74, 6) is 0. The molecule has 0 heterocycles. The van der Waals surface area contributed by atoms with Crippen molar-refractivity contribution in [2.75, 3.05) is 7.05 Å². The highest BCUT2D eigenvalue weighted by atomic mass is 14.9. The first-order chi connectivity index (χ1) is 6.87. The normalized spacial score (nSPS) is 25.2. The van der Waals surface area contributed by atoms with Gasteiger partial charge in [0.25, 0.3) is 0 Å². The number of benzene rings is 1. The van der Waals surface area contributed by atoms with Gasteiger partial charge in [0.15, 0.2) is 0 Å².